The molecule has 3 rings (SSSR count). The largest absolute Gasteiger partial charge is 0.490 e. The molecule has 0 radical (unpaired) electrons. The Labute approximate surface area is 221 Å². The Hall–Kier alpha value is -4.18. The number of aliphatic hydroxyl groups is 1. The van der Waals surface area contributed by atoms with Crippen LogP contribution in [0.5, 0.6) is 5.75 Å². The highest BCUT2D eigenvalue weighted by Crippen LogP contribution is 2.40. The van der Waals surface area contributed by atoms with Gasteiger partial charge in [-0.3, -0.25) is 10.1 Å². The number of hydrogen-bond donors (Lipinski definition) is 2. The van der Waals surface area contributed by atoms with E-state index in [-0.39, 0.29) is 36.7 Å². The molecule has 0 saturated heterocycles. The number of esters is 2. The minimum absolute atomic E-state index is 0.0588. The zero-order valence-corrected chi connectivity index (χ0v) is 21.9. The molecular formula is C28H32N2O8. The van der Waals surface area contributed by atoms with Crippen LogP contribution in [0.15, 0.2) is 71.1 Å². The van der Waals surface area contributed by atoms with E-state index >= 15 is 0 Å². The Morgan fingerprint density at radius 1 is 1.03 bits per heavy atom. The first-order valence-electron chi connectivity index (χ1n) is 12.3. The van der Waals surface area contributed by atoms with Crippen molar-refractivity contribution in [3.63, 3.8) is 0 Å². The predicted molar refractivity (Wildman–Crippen MR) is 139 cm³/mol. The van der Waals surface area contributed by atoms with Crippen molar-refractivity contribution in [2.75, 3.05) is 19.8 Å². The smallest absolute Gasteiger partial charge is 0.337 e. The monoisotopic (exact) mass is 524 g/mol. The van der Waals surface area contributed by atoms with E-state index in [1.165, 1.54) is 18.2 Å². The SMILES string of the molecule is CC1=C(C(=O)OCCOc2ccc(CCO)cc2)C(c2cccc([N+](=O)[O-])c2)C(C(=O)OC(C)C)=C(C)N1. The Bertz CT molecular complexity index is 1250. The molecule has 1 atom stereocenters. The minimum Gasteiger partial charge on any atom is -0.490 e. The molecule has 1 aliphatic heterocycles. The fraction of sp³-hybridized carbons (Fsp3) is 0.357. The van der Waals surface area contributed by atoms with Gasteiger partial charge in [0.15, 0.2) is 0 Å². The summed E-state index contributed by atoms with van der Waals surface area (Å²) in [5, 5.41) is 23.5. The van der Waals surface area contributed by atoms with Crippen molar-refractivity contribution in [3.8, 4) is 5.75 Å². The summed E-state index contributed by atoms with van der Waals surface area (Å²) in [5.74, 6) is -1.66. The lowest BCUT2D eigenvalue weighted by molar-refractivity contribution is -0.384. The second-order valence-corrected chi connectivity index (χ2v) is 9.04. The molecule has 10 heteroatoms. The number of benzene rings is 2. The summed E-state index contributed by atoms with van der Waals surface area (Å²) in [7, 11) is 0. The zero-order valence-electron chi connectivity index (χ0n) is 21.9. The number of aliphatic hydroxyl groups excluding tert-OH is 1. The summed E-state index contributed by atoms with van der Waals surface area (Å²) < 4.78 is 16.6. The summed E-state index contributed by atoms with van der Waals surface area (Å²) in [6.45, 7) is 6.87. The predicted octanol–water partition coefficient (Wildman–Crippen LogP) is 3.94. The van der Waals surface area contributed by atoms with Gasteiger partial charge in [-0.25, -0.2) is 9.59 Å². The number of nitrogens with zero attached hydrogens (tertiary/aromatic N) is 1. The zero-order chi connectivity index (χ0) is 27.8. The molecule has 1 aliphatic rings. The average molecular weight is 525 g/mol. The van der Waals surface area contributed by atoms with Crippen LogP contribution in [-0.4, -0.2) is 47.9 Å². The van der Waals surface area contributed by atoms with E-state index in [9.17, 15) is 19.7 Å². The normalized spacial score (nSPS) is 15.3. The van der Waals surface area contributed by atoms with E-state index in [2.05, 4.69) is 5.32 Å². The summed E-state index contributed by atoms with van der Waals surface area (Å²) in [6, 6.07) is 13.0. The Kier molecular flexibility index (Phi) is 9.61. The third-order valence-corrected chi connectivity index (χ3v) is 5.87. The van der Waals surface area contributed by atoms with Crippen LogP contribution in [-0.2, 0) is 25.5 Å². The Balaban J connectivity index is 1.83. The summed E-state index contributed by atoms with van der Waals surface area (Å²) >= 11 is 0. The van der Waals surface area contributed by atoms with Crippen molar-refractivity contribution in [1.29, 1.82) is 0 Å². The van der Waals surface area contributed by atoms with Gasteiger partial charge >= 0.3 is 11.9 Å². The molecule has 1 unspecified atom stereocenters. The standard InChI is InChI=1S/C28H32N2O8/c1-17(2)38-28(33)25-19(4)29-18(3)24(26(25)21-6-5-7-22(16-21)30(34)35)27(32)37-15-14-36-23-10-8-20(9-11-23)12-13-31/h5-11,16-17,26,29,31H,12-15H2,1-4H3. The van der Waals surface area contributed by atoms with Crippen molar-refractivity contribution in [3.05, 3.63) is 92.3 Å². The molecule has 0 fully saturated rings. The number of dihydropyridines is 1. The summed E-state index contributed by atoms with van der Waals surface area (Å²) in [6.07, 6.45) is 0.137. The number of nitro groups is 1. The molecule has 10 nitrogen and oxygen atoms in total. The number of carbonyl (C=O) groups excluding carboxylic acids is 2. The topological polar surface area (TPSA) is 137 Å². The van der Waals surface area contributed by atoms with E-state index < -0.39 is 28.9 Å². The Morgan fingerprint density at radius 2 is 1.68 bits per heavy atom. The number of ether oxygens (including phenoxy) is 3. The minimum atomic E-state index is -0.935. The average Bonchev–Trinajstić information content (AvgIpc) is 2.86. The van der Waals surface area contributed by atoms with Crippen LogP contribution in [0.2, 0.25) is 0 Å². The van der Waals surface area contributed by atoms with Crippen molar-refractivity contribution in [2.45, 2.75) is 46.1 Å². The third kappa shape index (κ3) is 6.98. The van der Waals surface area contributed by atoms with Crippen LogP contribution in [0.4, 0.5) is 5.69 Å². The van der Waals surface area contributed by atoms with Crippen LogP contribution >= 0.6 is 0 Å². The molecule has 2 aromatic carbocycles. The van der Waals surface area contributed by atoms with Gasteiger partial charge in [0, 0.05) is 30.1 Å². The quantitative estimate of drug-likeness (QED) is 0.194. The molecule has 0 saturated carbocycles. The van der Waals surface area contributed by atoms with Crippen LogP contribution in [0, 0.1) is 10.1 Å². The van der Waals surface area contributed by atoms with Crippen LogP contribution < -0.4 is 10.1 Å². The summed E-state index contributed by atoms with van der Waals surface area (Å²) in [4.78, 5) is 37.4. The highest BCUT2D eigenvalue weighted by molar-refractivity contribution is 6.00. The van der Waals surface area contributed by atoms with E-state index in [4.69, 9.17) is 19.3 Å². The van der Waals surface area contributed by atoms with Crippen LogP contribution in [0.3, 0.4) is 0 Å². The van der Waals surface area contributed by atoms with Gasteiger partial charge in [0.2, 0.25) is 0 Å². The fourth-order valence-electron chi connectivity index (χ4n) is 4.22. The van der Waals surface area contributed by atoms with Crippen molar-refractivity contribution >= 4 is 17.6 Å². The number of hydrogen-bond acceptors (Lipinski definition) is 9. The number of non-ortho nitro benzene ring substituents is 1. The lowest BCUT2D eigenvalue weighted by atomic mass is 9.80. The number of carbonyl (C=O) groups is 2. The molecule has 0 bridgehead atoms. The maximum absolute atomic E-state index is 13.3. The first kappa shape index (κ1) is 28.4. The summed E-state index contributed by atoms with van der Waals surface area (Å²) in [5.41, 5.74) is 2.47. The first-order valence-corrected chi connectivity index (χ1v) is 12.3. The van der Waals surface area contributed by atoms with Gasteiger partial charge in [-0.15, -0.1) is 0 Å². The molecule has 38 heavy (non-hydrogen) atoms. The lowest BCUT2D eigenvalue weighted by Gasteiger charge is -2.30. The molecule has 202 valence electrons. The van der Waals surface area contributed by atoms with Crippen LogP contribution in [0.1, 0.15) is 44.7 Å². The van der Waals surface area contributed by atoms with Gasteiger partial charge in [0.1, 0.15) is 19.0 Å². The number of nitro benzene ring substituents is 1. The van der Waals surface area contributed by atoms with Crippen molar-refractivity contribution in [2.24, 2.45) is 0 Å². The highest BCUT2D eigenvalue weighted by atomic mass is 16.6. The van der Waals surface area contributed by atoms with E-state index in [1.807, 2.05) is 12.1 Å². The van der Waals surface area contributed by atoms with E-state index in [1.54, 1.807) is 45.9 Å². The maximum Gasteiger partial charge on any atom is 0.337 e. The number of nitrogens with one attached hydrogen (secondary N) is 1. The van der Waals surface area contributed by atoms with Gasteiger partial charge in [0.25, 0.3) is 5.69 Å². The fourth-order valence-corrected chi connectivity index (χ4v) is 4.22. The van der Waals surface area contributed by atoms with Crippen molar-refractivity contribution in [1.82, 2.24) is 5.32 Å². The number of rotatable bonds is 11. The first-order chi connectivity index (χ1) is 18.1. The molecule has 0 amide bonds. The van der Waals surface area contributed by atoms with Gasteiger partial charge in [0.05, 0.1) is 28.1 Å². The molecule has 0 aliphatic carbocycles. The van der Waals surface area contributed by atoms with E-state index in [0.29, 0.717) is 29.1 Å². The molecule has 0 spiro atoms. The van der Waals surface area contributed by atoms with Crippen LogP contribution in [0.25, 0.3) is 0 Å². The molecule has 1 heterocycles. The molecule has 2 N–H and O–H groups in total. The molecule has 0 aromatic heterocycles. The maximum atomic E-state index is 13.3. The van der Waals surface area contributed by atoms with Crippen molar-refractivity contribution < 1.29 is 33.8 Å². The van der Waals surface area contributed by atoms with Gasteiger partial charge in [-0.2, -0.15) is 0 Å². The van der Waals surface area contributed by atoms with E-state index in [0.717, 1.165) is 5.56 Å². The van der Waals surface area contributed by atoms with Gasteiger partial charge < -0.3 is 24.6 Å². The second-order valence-electron chi connectivity index (χ2n) is 9.04. The highest BCUT2D eigenvalue weighted by Gasteiger charge is 2.38. The Morgan fingerprint density at radius 3 is 2.29 bits per heavy atom. The second kappa shape index (κ2) is 12.9. The third-order valence-electron chi connectivity index (χ3n) is 5.87. The lowest BCUT2D eigenvalue weighted by Crippen LogP contribution is -2.33. The van der Waals surface area contributed by atoms with Gasteiger partial charge in [-0.05, 0) is 57.4 Å². The number of allylic oxidation sites excluding steroid dienone is 2. The molecular weight excluding hydrogens is 492 g/mol. The van der Waals surface area contributed by atoms with Gasteiger partial charge in [-0.1, -0.05) is 24.3 Å². The molecule has 2 aromatic rings.